The molecule has 158 valence electrons. The zero-order valence-electron chi connectivity index (χ0n) is 17.0. The van der Waals surface area contributed by atoms with Gasteiger partial charge in [0, 0.05) is 11.3 Å². The number of hydrogen-bond acceptors (Lipinski definition) is 6. The Balaban J connectivity index is 1.68. The predicted octanol–water partition coefficient (Wildman–Crippen LogP) is 3.11. The van der Waals surface area contributed by atoms with Crippen LogP contribution in [0.3, 0.4) is 0 Å². The maximum Gasteiger partial charge on any atom is 0.414 e. The fourth-order valence-corrected chi connectivity index (χ4v) is 3.27. The van der Waals surface area contributed by atoms with Crippen LogP contribution in [-0.2, 0) is 15.9 Å². The molecule has 0 aromatic heterocycles. The lowest BCUT2D eigenvalue weighted by Gasteiger charge is -2.15. The van der Waals surface area contributed by atoms with Gasteiger partial charge in [0.1, 0.15) is 18.2 Å². The smallest absolute Gasteiger partial charge is 0.414 e. The van der Waals surface area contributed by atoms with Crippen molar-refractivity contribution in [2.24, 2.45) is 5.73 Å². The van der Waals surface area contributed by atoms with Crippen LogP contribution < -0.4 is 15.4 Å². The summed E-state index contributed by atoms with van der Waals surface area (Å²) in [5.74, 6) is 0.188. The SMILES string of the molecule is CCCc1cc(C(=O)OC)ccc1OCC1CN(c2cccc(C(=N)N)c2)C(=O)O1. The molecular weight excluding hydrogens is 386 g/mol. The summed E-state index contributed by atoms with van der Waals surface area (Å²) < 4.78 is 16.1. The van der Waals surface area contributed by atoms with Crippen LogP contribution in [-0.4, -0.2) is 44.3 Å². The quantitative estimate of drug-likeness (QED) is 0.392. The first-order valence-corrected chi connectivity index (χ1v) is 9.69. The van der Waals surface area contributed by atoms with Gasteiger partial charge in [-0.05, 0) is 42.3 Å². The monoisotopic (exact) mass is 411 g/mol. The Morgan fingerprint density at radius 2 is 2.07 bits per heavy atom. The molecule has 2 aromatic carbocycles. The minimum Gasteiger partial charge on any atom is -0.489 e. The van der Waals surface area contributed by atoms with E-state index >= 15 is 0 Å². The van der Waals surface area contributed by atoms with E-state index in [9.17, 15) is 9.59 Å². The summed E-state index contributed by atoms with van der Waals surface area (Å²) in [6.45, 7) is 2.55. The van der Waals surface area contributed by atoms with Gasteiger partial charge in [-0.3, -0.25) is 10.3 Å². The lowest BCUT2D eigenvalue weighted by atomic mass is 10.1. The number of amidine groups is 1. The van der Waals surface area contributed by atoms with E-state index in [1.165, 1.54) is 12.0 Å². The normalized spacial score (nSPS) is 15.6. The number of cyclic esters (lactones) is 1. The molecule has 8 nitrogen and oxygen atoms in total. The van der Waals surface area contributed by atoms with Crippen molar-refractivity contribution in [1.29, 1.82) is 5.41 Å². The number of anilines is 1. The lowest BCUT2D eigenvalue weighted by molar-refractivity contribution is 0.0600. The highest BCUT2D eigenvalue weighted by Crippen LogP contribution is 2.26. The molecule has 1 atom stereocenters. The van der Waals surface area contributed by atoms with Gasteiger partial charge in [0.15, 0.2) is 6.10 Å². The van der Waals surface area contributed by atoms with Crippen LogP contribution >= 0.6 is 0 Å². The zero-order chi connectivity index (χ0) is 21.7. The summed E-state index contributed by atoms with van der Waals surface area (Å²) in [4.78, 5) is 25.6. The highest BCUT2D eigenvalue weighted by molar-refractivity contribution is 5.97. The second-order valence-electron chi connectivity index (χ2n) is 6.96. The topological polar surface area (TPSA) is 115 Å². The van der Waals surface area contributed by atoms with Crippen LogP contribution in [0.15, 0.2) is 42.5 Å². The zero-order valence-corrected chi connectivity index (χ0v) is 17.0. The standard InChI is InChI=1S/C22H25N3O5/c1-3-5-14-10-16(21(26)28-2)8-9-19(14)29-13-18-12-25(22(27)30-18)17-7-4-6-15(11-17)20(23)24/h4,6-11,18H,3,5,12-13H2,1-2H3,(H3,23,24). The summed E-state index contributed by atoms with van der Waals surface area (Å²) in [7, 11) is 1.35. The Hall–Kier alpha value is -3.55. The maximum absolute atomic E-state index is 12.3. The number of amides is 1. The number of ether oxygens (including phenoxy) is 3. The number of carbonyl (C=O) groups excluding carboxylic acids is 2. The number of methoxy groups -OCH3 is 1. The Bertz CT molecular complexity index is 960. The maximum atomic E-state index is 12.3. The average Bonchev–Trinajstić information content (AvgIpc) is 3.13. The van der Waals surface area contributed by atoms with Crippen molar-refractivity contribution in [1.82, 2.24) is 0 Å². The molecule has 3 N–H and O–H groups in total. The Kier molecular flexibility index (Phi) is 6.56. The summed E-state index contributed by atoms with van der Waals surface area (Å²) in [5.41, 5.74) is 8.05. The number of hydrogen-bond donors (Lipinski definition) is 2. The first-order valence-electron chi connectivity index (χ1n) is 9.69. The molecule has 3 rings (SSSR count). The fourth-order valence-electron chi connectivity index (χ4n) is 3.27. The number of carbonyl (C=O) groups is 2. The van der Waals surface area contributed by atoms with Gasteiger partial charge in [-0.2, -0.15) is 0 Å². The van der Waals surface area contributed by atoms with E-state index in [2.05, 4.69) is 0 Å². The molecule has 0 aliphatic carbocycles. The molecule has 1 aliphatic heterocycles. The molecule has 1 unspecified atom stereocenters. The number of nitrogens with zero attached hydrogens (tertiary/aromatic N) is 1. The molecule has 2 aromatic rings. The summed E-state index contributed by atoms with van der Waals surface area (Å²) >= 11 is 0. The fraction of sp³-hybridized carbons (Fsp3) is 0.318. The van der Waals surface area contributed by atoms with Crippen molar-refractivity contribution < 1.29 is 23.8 Å². The highest BCUT2D eigenvalue weighted by Gasteiger charge is 2.33. The largest absolute Gasteiger partial charge is 0.489 e. The van der Waals surface area contributed by atoms with Crippen LogP contribution in [0.5, 0.6) is 5.75 Å². The van der Waals surface area contributed by atoms with E-state index in [-0.39, 0.29) is 12.4 Å². The first kappa shape index (κ1) is 21.2. The molecule has 0 spiro atoms. The Labute approximate surface area is 175 Å². The van der Waals surface area contributed by atoms with E-state index in [0.717, 1.165) is 18.4 Å². The van der Waals surface area contributed by atoms with E-state index in [1.807, 2.05) is 6.92 Å². The molecule has 0 bridgehead atoms. The number of rotatable bonds is 8. The molecule has 1 heterocycles. The van der Waals surface area contributed by atoms with Crippen molar-refractivity contribution in [2.45, 2.75) is 25.9 Å². The van der Waals surface area contributed by atoms with Gasteiger partial charge < -0.3 is 19.9 Å². The molecular formula is C22H25N3O5. The third-order valence-electron chi connectivity index (χ3n) is 4.77. The van der Waals surface area contributed by atoms with Gasteiger partial charge in [-0.1, -0.05) is 25.5 Å². The lowest BCUT2D eigenvalue weighted by Crippen LogP contribution is -2.27. The van der Waals surface area contributed by atoms with Crippen LogP contribution in [0.2, 0.25) is 0 Å². The van der Waals surface area contributed by atoms with Crippen LogP contribution in [0.4, 0.5) is 10.5 Å². The van der Waals surface area contributed by atoms with Crippen molar-refractivity contribution in [3.8, 4) is 5.75 Å². The van der Waals surface area contributed by atoms with E-state index < -0.39 is 18.2 Å². The van der Waals surface area contributed by atoms with E-state index in [4.69, 9.17) is 25.4 Å². The number of nitrogen functional groups attached to an aromatic ring is 1. The third-order valence-corrected chi connectivity index (χ3v) is 4.77. The minimum atomic E-state index is -0.473. The number of esters is 1. The predicted molar refractivity (Wildman–Crippen MR) is 112 cm³/mol. The third kappa shape index (κ3) is 4.71. The molecule has 0 radical (unpaired) electrons. The molecule has 8 heteroatoms. The summed E-state index contributed by atoms with van der Waals surface area (Å²) in [6.07, 6.45) is 0.709. The van der Waals surface area contributed by atoms with Crippen molar-refractivity contribution in [2.75, 3.05) is 25.2 Å². The minimum absolute atomic E-state index is 0.0665. The molecule has 1 saturated heterocycles. The van der Waals surface area contributed by atoms with Crippen molar-refractivity contribution in [3.05, 3.63) is 59.2 Å². The van der Waals surface area contributed by atoms with Crippen molar-refractivity contribution >= 4 is 23.6 Å². The van der Waals surface area contributed by atoms with Gasteiger partial charge in [0.05, 0.1) is 19.2 Å². The summed E-state index contributed by atoms with van der Waals surface area (Å²) in [5, 5.41) is 7.56. The van der Waals surface area contributed by atoms with Gasteiger partial charge in [-0.25, -0.2) is 9.59 Å². The number of nitrogens with two attached hydrogens (primary N) is 1. The van der Waals surface area contributed by atoms with Gasteiger partial charge in [-0.15, -0.1) is 0 Å². The number of aryl methyl sites for hydroxylation is 1. The molecule has 1 aliphatic rings. The number of benzene rings is 2. The van der Waals surface area contributed by atoms with Gasteiger partial charge in [0.2, 0.25) is 0 Å². The number of nitrogens with one attached hydrogen (secondary N) is 1. The molecule has 1 amide bonds. The molecule has 0 saturated carbocycles. The van der Waals surface area contributed by atoms with E-state index in [1.54, 1.807) is 42.5 Å². The molecule has 30 heavy (non-hydrogen) atoms. The van der Waals surface area contributed by atoms with Crippen LogP contribution in [0.25, 0.3) is 0 Å². The van der Waals surface area contributed by atoms with E-state index in [0.29, 0.717) is 29.1 Å². The van der Waals surface area contributed by atoms with Crippen LogP contribution in [0, 0.1) is 5.41 Å². The van der Waals surface area contributed by atoms with Gasteiger partial charge >= 0.3 is 12.1 Å². The van der Waals surface area contributed by atoms with Crippen LogP contribution in [0.1, 0.15) is 34.8 Å². The second-order valence-corrected chi connectivity index (χ2v) is 6.96. The second kappa shape index (κ2) is 9.30. The Morgan fingerprint density at radius 1 is 1.27 bits per heavy atom. The van der Waals surface area contributed by atoms with Gasteiger partial charge in [0.25, 0.3) is 0 Å². The Morgan fingerprint density at radius 3 is 2.77 bits per heavy atom. The average molecular weight is 411 g/mol. The first-order chi connectivity index (χ1) is 14.4. The van der Waals surface area contributed by atoms with Crippen molar-refractivity contribution in [3.63, 3.8) is 0 Å². The summed E-state index contributed by atoms with van der Waals surface area (Å²) in [6, 6.07) is 12.1. The highest BCUT2D eigenvalue weighted by atomic mass is 16.6. The molecule has 1 fully saturated rings.